The number of hydrogen-bond acceptors (Lipinski definition) is 3. The number of aryl methyl sites for hydroxylation is 2. The highest BCUT2D eigenvalue weighted by Crippen LogP contribution is 2.23. The largest absolute Gasteiger partial charge is 0.387 e. The van der Waals surface area contributed by atoms with Crippen LogP contribution >= 0.6 is 0 Å². The maximum atomic E-state index is 4.31. The first-order valence-corrected chi connectivity index (χ1v) is 4.20. The van der Waals surface area contributed by atoms with Gasteiger partial charge in [-0.25, -0.2) is 4.98 Å². The summed E-state index contributed by atoms with van der Waals surface area (Å²) in [5.41, 5.74) is 3.01. The average Bonchev–Trinajstić information content (AvgIpc) is 2.43. The minimum atomic E-state index is 0.921. The van der Waals surface area contributed by atoms with Crippen molar-refractivity contribution in [3.05, 3.63) is 18.0 Å². The van der Waals surface area contributed by atoms with Gasteiger partial charge in [0.1, 0.15) is 0 Å². The minimum absolute atomic E-state index is 0.921. The van der Waals surface area contributed by atoms with Crippen LogP contribution in [0.4, 0.5) is 5.69 Å². The van der Waals surface area contributed by atoms with Crippen LogP contribution in [-0.4, -0.2) is 21.8 Å². The van der Waals surface area contributed by atoms with E-state index in [9.17, 15) is 0 Å². The number of nitrogens with one attached hydrogen (secondary N) is 1. The monoisotopic (exact) mass is 176 g/mol. The van der Waals surface area contributed by atoms with Crippen LogP contribution in [0.15, 0.2) is 12.3 Å². The summed E-state index contributed by atoms with van der Waals surface area (Å²) in [4.78, 5) is 4.27. The third kappa shape index (κ3) is 1.06. The van der Waals surface area contributed by atoms with Crippen LogP contribution in [-0.2, 0) is 7.05 Å². The van der Waals surface area contributed by atoms with Crippen LogP contribution in [0.3, 0.4) is 0 Å². The number of fused-ring (bicyclic) bond motifs is 1. The van der Waals surface area contributed by atoms with Gasteiger partial charge in [0.05, 0.1) is 11.1 Å². The van der Waals surface area contributed by atoms with Crippen LogP contribution in [0.25, 0.3) is 11.0 Å². The Bertz CT molecular complexity index is 444. The second-order valence-electron chi connectivity index (χ2n) is 3.02. The van der Waals surface area contributed by atoms with Gasteiger partial charge in [0.15, 0.2) is 5.65 Å². The molecule has 0 bridgehead atoms. The fourth-order valence-electron chi connectivity index (χ4n) is 1.58. The van der Waals surface area contributed by atoms with E-state index in [0.29, 0.717) is 0 Å². The molecule has 0 radical (unpaired) electrons. The summed E-state index contributed by atoms with van der Waals surface area (Å²) < 4.78 is 1.80. The van der Waals surface area contributed by atoms with Crippen molar-refractivity contribution in [1.29, 1.82) is 0 Å². The molecule has 0 aliphatic carbocycles. The van der Waals surface area contributed by atoms with Gasteiger partial charge in [0, 0.05) is 26.0 Å². The quantitative estimate of drug-likeness (QED) is 0.712. The Hall–Kier alpha value is -1.58. The second-order valence-corrected chi connectivity index (χ2v) is 3.02. The molecular formula is C9H12N4. The highest BCUT2D eigenvalue weighted by Gasteiger charge is 2.08. The van der Waals surface area contributed by atoms with Crippen LogP contribution in [0.5, 0.6) is 0 Å². The van der Waals surface area contributed by atoms with Gasteiger partial charge >= 0.3 is 0 Å². The second kappa shape index (κ2) is 2.73. The van der Waals surface area contributed by atoms with E-state index in [1.165, 1.54) is 0 Å². The first-order chi connectivity index (χ1) is 6.24. The van der Waals surface area contributed by atoms with E-state index in [1.807, 2.05) is 27.1 Å². The summed E-state index contributed by atoms with van der Waals surface area (Å²) in [7, 11) is 3.81. The van der Waals surface area contributed by atoms with Crippen molar-refractivity contribution in [3.8, 4) is 0 Å². The summed E-state index contributed by atoms with van der Waals surface area (Å²) in [6.45, 7) is 1.99. The number of pyridine rings is 1. The van der Waals surface area contributed by atoms with E-state index in [0.717, 1.165) is 22.4 Å². The fraction of sp³-hybridized carbons (Fsp3) is 0.333. The van der Waals surface area contributed by atoms with Crippen LogP contribution in [0.1, 0.15) is 5.69 Å². The summed E-state index contributed by atoms with van der Waals surface area (Å²) in [5.74, 6) is 0. The molecule has 2 rings (SSSR count). The Morgan fingerprint density at radius 1 is 1.46 bits per heavy atom. The molecule has 0 fully saturated rings. The molecular weight excluding hydrogens is 164 g/mol. The Labute approximate surface area is 76.6 Å². The lowest BCUT2D eigenvalue weighted by molar-refractivity contribution is 0.774. The molecule has 1 N–H and O–H groups in total. The third-order valence-electron chi connectivity index (χ3n) is 2.17. The molecule has 0 unspecified atom stereocenters. The predicted octanol–water partition coefficient (Wildman–Crippen LogP) is 1.32. The number of anilines is 1. The third-order valence-corrected chi connectivity index (χ3v) is 2.17. The normalized spacial score (nSPS) is 10.7. The van der Waals surface area contributed by atoms with Crippen molar-refractivity contribution in [2.45, 2.75) is 6.92 Å². The zero-order valence-electron chi connectivity index (χ0n) is 8.00. The Balaban J connectivity index is 2.88. The van der Waals surface area contributed by atoms with E-state index in [2.05, 4.69) is 15.4 Å². The Kier molecular flexibility index (Phi) is 1.69. The van der Waals surface area contributed by atoms with Gasteiger partial charge in [-0.05, 0) is 13.0 Å². The number of aromatic nitrogens is 3. The molecule has 0 aromatic carbocycles. The molecule has 4 nitrogen and oxygen atoms in total. The van der Waals surface area contributed by atoms with Crippen molar-refractivity contribution in [1.82, 2.24) is 14.8 Å². The summed E-state index contributed by atoms with van der Waals surface area (Å²) in [6.07, 6.45) is 1.79. The van der Waals surface area contributed by atoms with Gasteiger partial charge in [0.25, 0.3) is 0 Å². The van der Waals surface area contributed by atoms with E-state index in [1.54, 1.807) is 10.9 Å². The van der Waals surface area contributed by atoms with Crippen molar-refractivity contribution in [2.24, 2.45) is 7.05 Å². The van der Waals surface area contributed by atoms with E-state index < -0.39 is 0 Å². The van der Waals surface area contributed by atoms with Crippen molar-refractivity contribution in [2.75, 3.05) is 12.4 Å². The molecule has 0 saturated carbocycles. The van der Waals surface area contributed by atoms with Crippen LogP contribution in [0, 0.1) is 6.92 Å². The Morgan fingerprint density at radius 2 is 2.23 bits per heavy atom. The fourth-order valence-corrected chi connectivity index (χ4v) is 1.58. The van der Waals surface area contributed by atoms with Crippen molar-refractivity contribution < 1.29 is 0 Å². The van der Waals surface area contributed by atoms with E-state index >= 15 is 0 Å². The smallest absolute Gasteiger partial charge is 0.159 e. The molecule has 13 heavy (non-hydrogen) atoms. The highest BCUT2D eigenvalue weighted by molar-refractivity contribution is 5.91. The lowest BCUT2D eigenvalue weighted by atomic mass is 10.2. The number of hydrogen-bond donors (Lipinski definition) is 1. The van der Waals surface area contributed by atoms with Crippen molar-refractivity contribution >= 4 is 16.7 Å². The zero-order valence-corrected chi connectivity index (χ0v) is 8.00. The lowest BCUT2D eigenvalue weighted by Gasteiger charge is -2.00. The standard InChI is InChI=1S/C9H12N4/c1-6-8-7(10-2)4-5-11-9(8)13(3)12-6/h4-5H,1-3H3,(H,10,11). The first-order valence-electron chi connectivity index (χ1n) is 4.20. The zero-order chi connectivity index (χ0) is 9.42. The molecule has 0 amide bonds. The van der Waals surface area contributed by atoms with Gasteiger partial charge in [0.2, 0.25) is 0 Å². The summed E-state index contributed by atoms with van der Waals surface area (Å²) >= 11 is 0. The molecule has 0 spiro atoms. The van der Waals surface area contributed by atoms with E-state index in [4.69, 9.17) is 0 Å². The maximum absolute atomic E-state index is 4.31. The summed E-state index contributed by atoms with van der Waals surface area (Å²) in [6, 6.07) is 1.96. The molecule has 0 saturated heterocycles. The molecule has 0 atom stereocenters. The Morgan fingerprint density at radius 3 is 2.92 bits per heavy atom. The first kappa shape index (κ1) is 8.04. The molecule has 2 heterocycles. The van der Waals surface area contributed by atoms with Crippen LogP contribution < -0.4 is 5.32 Å². The van der Waals surface area contributed by atoms with Gasteiger partial charge in [-0.3, -0.25) is 4.68 Å². The van der Waals surface area contributed by atoms with Gasteiger partial charge in [-0.1, -0.05) is 0 Å². The van der Waals surface area contributed by atoms with Crippen molar-refractivity contribution in [3.63, 3.8) is 0 Å². The van der Waals surface area contributed by atoms with Crippen LogP contribution in [0.2, 0.25) is 0 Å². The SMILES string of the molecule is CNc1ccnc2c1c(C)nn2C. The highest BCUT2D eigenvalue weighted by atomic mass is 15.3. The summed E-state index contributed by atoms with van der Waals surface area (Å²) in [5, 5.41) is 8.55. The number of rotatable bonds is 1. The van der Waals surface area contributed by atoms with Gasteiger partial charge in [-0.2, -0.15) is 5.10 Å². The lowest BCUT2D eigenvalue weighted by Crippen LogP contribution is -1.93. The van der Waals surface area contributed by atoms with E-state index in [-0.39, 0.29) is 0 Å². The number of nitrogens with zero attached hydrogens (tertiary/aromatic N) is 3. The van der Waals surface area contributed by atoms with Gasteiger partial charge < -0.3 is 5.32 Å². The molecule has 2 aromatic heterocycles. The molecule has 0 aliphatic heterocycles. The molecule has 4 heteroatoms. The molecule has 0 aliphatic rings. The topological polar surface area (TPSA) is 42.7 Å². The average molecular weight is 176 g/mol. The maximum Gasteiger partial charge on any atom is 0.159 e. The minimum Gasteiger partial charge on any atom is -0.387 e. The van der Waals surface area contributed by atoms with Gasteiger partial charge in [-0.15, -0.1) is 0 Å². The molecule has 2 aromatic rings. The predicted molar refractivity (Wildman–Crippen MR) is 52.8 cm³/mol. The molecule has 68 valence electrons.